The molecule has 0 aliphatic carbocycles. The van der Waals surface area contributed by atoms with Crippen molar-refractivity contribution in [2.75, 3.05) is 37.7 Å². The highest BCUT2D eigenvalue weighted by Gasteiger charge is 2.34. The first-order chi connectivity index (χ1) is 12.5. The van der Waals surface area contributed by atoms with Gasteiger partial charge in [-0.15, -0.1) is 0 Å². The predicted molar refractivity (Wildman–Crippen MR) is 97.7 cm³/mol. The first-order valence-electron chi connectivity index (χ1n) is 9.52. The Labute approximate surface area is 154 Å². The van der Waals surface area contributed by atoms with Gasteiger partial charge >= 0.3 is 0 Å². The minimum Gasteiger partial charge on any atom is -0.381 e. The molecule has 26 heavy (non-hydrogen) atoms. The molecule has 2 saturated heterocycles. The van der Waals surface area contributed by atoms with Crippen molar-refractivity contribution in [2.45, 2.75) is 45.1 Å². The van der Waals surface area contributed by atoms with Gasteiger partial charge in [0, 0.05) is 30.9 Å². The average Bonchev–Trinajstić information content (AvgIpc) is 2.63. The van der Waals surface area contributed by atoms with E-state index in [9.17, 15) is 13.6 Å². The van der Waals surface area contributed by atoms with E-state index in [1.165, 1.54) is 0 Å². The highest BCUT2D eigenvalue weighted by Crippen LogP contribution is 2.29. The second-order valence-electron chi connectivity index (χ2n) is 7.36. The predicted octanol–water partition coefficient (Wildman–Crippen LogP) is 3.48. The Kier molecular flexibility index (Phi) is 6.59. The minimum atomic E-state index is -2.31. The van der Waals surface area contributed by atoms with Gasteiger partial charge in [0.25, 0.3) is 6.43 Å². The molecule has 0 radical (unpaired) electrons. The standard InChI is InChI=1S/C20H28F2N2O2/c1-15-3-2-4-18(13-15)24(17-7-11-26-12-8-17)20(25)16-5-9-23(10-6-16)14-19(21)22/h2-4,13,16-17,19H,5-12,14H2,1H3. The van der Waals surface area contributed by atoms with Gasteiger partial charge in [-0.25, -0.2) is 8.78 Å². The lowest BCUT2D eigenvalue weighted by Gasteiger charge is -2.39. The number of carbonyl (C=O) groups is 1. The lowest BCUT2D eigenvalue weighted by atomic mass is 9.93. The van der Waals surface area contributed by atoms with Crippen molar-refractivity contribution in [1.82, 2.24) is 4.90 Å². The molecule has 1 aromatic carbocycles. The third-order valence-electron chi connectivity index (χ3n) is 5.41. The molecule has 0 bridgehead atoms. The maximum atomic E-state index is 13.4. The smallest absolute Gasteiger partial charge is 0.251 e. The number of nitrogens with zero attached hydrogens (tertiary/aromatic N) is 2. The van der Waals surface area contributed by atoms with Crippen molar-refractivity contribution >= 4 is 11.6 Å². The van der Waals surface area contributed by atoms with Crippen LogP contribution in [0.1, 0.15) is 31.2 Å². The molecule has 6 heteroatoms. The Morgan fingerprint density at radius 3 is 2.54 bits per heavy atom. The van der Waals surface area contributed by atoms with E-state index in [-0.39, 0.29) is 24.4 Å². The third kappa shape index (κ3) is 4.80. The highest BCUT2D eigenvalue weighted by molar-refractivity contribution is 5.95. The zero-order chi connectivity index (χ0) is 18.5. The summed E-state index contributed by atoms with van der Waals surface area (Å²) in [4.78, 5) is 17.1. The first-order valence-corrected chi connectivity index (χ1v) is 9.52. The van der Waals surface area contributed by atoms with Gasteiger partial charge in [0.2, 0.25) is 5.91 Å². The van der Waals surface area contributed by atoms with E-state index >= 15 is 0 Å². The number of anilines is 1. The normalized spacial score (nSPS) is 20.5. The number of piperidine rings is 1. The molecule has 3 rings (SSSR count). The molecular formula is C20H28F2N2O2. The molecule has 0 spiro atoms. The van der Waals surface area contributed by atoms with Crippen LogP contribution in [0.2, 0.25) is 0 Å². The summed E-state index contributed by atoms with van der Waals surface area (Å²) >= 11 is 0. The van der Waals surface area contributed by atoms with Gasteiger partial charge < -0.3 is 9.64 Å². The zero-order valence-electron chi connectivity index (χ0n) is 15.4. The van der Waals surface area contributed by atoms with E-state index in [0.29, 0.717) is 39.1 Å². The molecule has 0 saturated carbocycles. The second kappa shape index (κ2) is 8.91. The van der Waals surface area contributed by atoms with Crippen LogP contribution in [-0.2, 0) is 9.53 Å². The summed E-state index contributed by atoms with van der Waals surface area (Å²) < 4.78 is 30.6. The molecular weight excluding hydrogens is 338 g/mol. The summed E-state index contributed by atoms with van der Waals surface area (Å²) in [6, 6.07) is 8.21. The van der Waals surface area contributed by atoms with E-state index < -0.39 is 6.43 Å². The number of aryl methyl sites for hydroxylation is 1. The van der Waals surface area contributed by atoms with Crippen LogP contribution in [0.4, 0.5) is 14.5 Å². The summed E-state index contributed by atoms with van der Waals surface area (Å²) in [5.74, 6) is 0.0477. The molecule has 1 amide bonds. The third-order valence-corrected chi connectivity index (χ3v) is 5.41. The van der Waals surface area contributed by atoms with Gasteiger partial charge in [-0.3, -0.25) is 9.69 Å². The van der Waals surface area contributed by atoms with E-state index in [2.05, 4.69) is 6.07 Å². The van der Waals surface area contributed by atoms with Gasteiger partial charge in [0.15, 0.2) is 0 Å². The Morgan fingerprint density at radius 1 is 1.23 bits per heavy atom. The minimum absolute atomic E-state index is 0.0905. The first kappa shape index (κ1) is 19.2. The van der Waals surface area contributed by atoms with Crippen LogP contribution in [-0.4, -0.2) is 56.1 Å². The number of ether oxygens (including phenoxy) is 1. The number of halogens is 2. The molecule has 4 nitrogen and oxygen atoms in total. The summed E-state index contributed by atoms with van der Waals surface area (Å²) in [5, 5.41) is 0. The van der Waals surface area contributed by atoms with Crippen LogP contribution in [0.5, 0.6) is 0 Å². The van der Waals surface area contributed by atoms with Gasteiger partial charge in [0.05, 0.1) is 6.54 Å². The molecule has 0 N–H and O–H groups in total. The fourth-order valence-electron chi connectivity index (χ4n) is 3.99. The van der Waals surface area contributed by atoms with Crippen molar-refractivity contribution in [3.63, 3.8) is 0 Å². The van der Waals surface area contributed by atoms with Gasteiger partial charge in [0.1, 0.15) is 0 Å². The van der Waals surface area contributed by atoms with E-state index in [1.807, 2.05) is 30.0 Å². The molecule has 144 valence electrons. The van der Waals surface area contributed by atoms with Crippen molar-refractivity contribution < 1.29 is 18.3 Å². The molecule has 0 aromatic heterocycles. The van der Waals surface area contributed by atoms with Crippen LogP contribution < -0.4 is 4.90 Å². The summed E-state index contributed by atoms with van der Waals surface area (Å²) in [5.41, 5.74) is 2.07. The van der Waals surface area contributed by atoms with Crippen molar-refractivity contribution in [3.05, 3.63) is 29.8 Å². The second-order valence-corrected chi connectivity index (χ2v) is 7.36. The topological polar surface area (TPSA) is 32.8 Å². The number of likely N-dealkylation sites (tertiary alicyclic amines) is 1. The van der Waals surface area contributed by atoms with Gasteiger partial charge in [-0.2, -0.15) is 0 Å². The monoisotopic (exact) mass is 366 g/mol. The quantitative estimate of drug-likeness (QED) is 0.800. The van der Waals surface area contributed by atoms with Crippen LogP contribution >= 0.6 is 0 Å². The Hall–Kier alpha value is -1.53. The largest absolute Gasteiger partial charge is 0.381 e. The number of rotatable bonds is 5. The number of carbonyl (C=O) groups excluding carboxylic acids is 1. The molecule has 2 aliphatic heterocycles. The van der Waals surface area contributed by atoms with Crippen molar-refractivity contribution in [3.8, 4) is 0 Å². The number of amides is 1. The lowest BCUT2D eigenvalue weighted by Crippen LogP contribution is -2.49. The molecule has 2 heterocycles. The van der Waals surface area contributed by atoms with Crippen molar-refractivity contribution in [1.29, 1.82) is 0 Å². The Bertz CT molecular complexity index is 597. The average molecular weight is 366 g/mol. The number of hydrogen-bond donors (Lipinski definition) is 0. The summed E-state index contributed by atoms with van der Waals surface area (Å²) in [7, 11) is 0. The lowest BCUT2D eigenvalue weighted by molar-refractivity contribution is -0.124. The van der Waals surface area contributed by atoms with Crippen LogP contribution in [0.15, 0.2) is 24.3 Å². The van der Waals surface area contributed by atoms with Gasteiger partial charge in [-0.1, -0.05) is 12.1 Å². The summed E-state index contributed by atoms with van der Waals surface area (Å²) in [6.45, 7) is 4.31. The number of benzene rings is 1. The maximum Gasteiger partial charge on any atom is 0.251 e. The maximum absolute atomic E-state index is 13.4. The van der Waals surface area contributed by atoms with Gasteiger partial charge in [-0.05, 0) is 63.4 Å². The zero-order valence-corrected chi connectivity index (χ0v) is 15.4. The van der Waals surface area contributed by atoms with E-state index in [4.69, 9.17) is 4.74 Å². The van der Waals surface area contributed by atoms with Crippen LogP contribution in [0.25, 0.3) is 0 Å². The SMILES string of the molecule is Cc1cccc(N(C(=O)C2CCN(CC(F)F)CC2)C2CCOCC2)c1. The molecule has 2 aliphatic rings. The number of alkyl halides is 2. The Morgan fingerprint density at radius 2 is 1.92 bits per heavy atom. The Balaban J connectivity index is 1.73. The molecule has 1 aromatic rings. The van der Waals surface area contributed by atoms with E-state index in [0.717, 1.165) is 24.1 Å². The van der Waals surface area contributed by atoms with E-state index in [1.54, 1.807) is 4.90 Å². The molecule has 2 fully saturated rings. The van der Waals surface area contributed by atoms with Crippen LogP contribution in [0, 0.1) is 12.8 Å². The highest BCUT2D eigenvalue weighted by atomic mass is 19.3. The number of hydrogen-bond acceptors (Lipinski definition) is 3. The molecule has 0 atom stereocenters. The summed E-state index contributed by atoms with van der Waals surface area (Å²) in [6.07, 6.45) is 0.662. The fraction of sp³-hybridized carbons (Fsp3) is 0.650. The fourth-order valence-corrected chi connectivity index (χ4v) is 3.99. The van der Waals surface area contributed by atoms with Crippen molar-refractivity contribution in [2.24, 2.45) is 5.92 Å². The van der Waals surface area contributed by atoms with Crippen LogP contribution in [0.3, 0.4) is 0 Å². The molecule has 0 unspecified atom stereocenters.